The molecule has 1 heterocycles. The van der Waals surface area contributed by atoms with E-state index >= 15 is 0 Å². The fourth-order valence-electron chi connectivity index (χ4n) is 3.93. The molecule has 168 valence electrons. The number of hydrogen-bond donors (Lipinski definition) is 1. The second-order valence-corrected chi connectivity index (χ2v) is 9.81. The van der Waals surface area contributed by atoms with Gasteiger partial charge in [0.05, 0.1) is 4.90 Å². The van der Waals surface area contributed by atoms with Crippen molar-refractivity contribution in [3.8, 4) is 0 Å². The molecule has 0 saturated carbocycles. The monoisotopic (exact) mass is 443 g/mol. The van der Waals surface area contributed by atoms with E-state index in [4.69, 9.17) is 0 Å². The zero-order chi connectivity index (χ0) is 22.3. The molecule has 0 bridgehead atoms. The number of rotatable bonds is 8. The number of carbonyl (C=O) groups is 1. The van der Waals surface area contributed by atoms with Gasteiger partial charge in [-0.1, -0.05) is 31.0 Å². The van der Waals surface area contributed by atoms with Gasteiger partial charge < -0.3 is 10.2 Å². The van der Waals surface area contributed by atoms with Crippen LogP contribution in [0.25, 0.3) is 0 Å². The number of carbonyl (C=O) groups excluding carboxylic acids is 1. The molecule has 1 amide bonds. The zero-order valence-electron chi connectivity index (χ0n) is 18.5. The molecule has 3 rings (SSSR count). The first kappa shape index (κ1) is 23.3. The molecule has 1 aliphatic rings. The number of amides is 1. The lowest BCUT2D eigenvalue weighted by molar-refractivity contribution is 0.0950. The number of anilines is 1. The van der Waals surface area contributed by atoms with Crippen molar-refractivity contribution >= 4 is 21.6 Å². The highest BCUT2D eigenvalue weighted by Crippen LogP contribution is 2.21. The molecule has 1 saturated heterocycles. The van der Waals surface area contributed by atoms with Crippen LogP contribution in [0.2, 0.25) is 0 Å². The molecule has 0 spiro atoms. The number of benzene rings is 2. The zero-order valence-corrected chi connectivity index (χ0v) is 19.3. The van der Waals surface area contributed by atoms with Crippen LogP contribution in [0.3, 0.4) is 0 Å². The average Bonchev–Trinajstić information content (AvgIpc) is 3.09. The van der Waals surface area contributed by atoms with Crippen LogP contribution in [0, 0.1) is 0 Å². The van der Waals surface area contributed by atoms with Crippen LogP contribution in [0.1, 0.15) is 55.5 Å². The van der Waals surface area contributed by atoms with Gasteiger partial charge >= 0.3 is 0 Å². The topological polar surface area (TPSA) is 69.7 Å². The van der Waals surface area contributed by atoms with Crippen molar-refractivity contribution in [3.05, 3.63) is 59.7 Å². The summed E-state index contributed by atoms with van der Waals surface area (Å²) in [6.07, 6.45) is 3.88. The molecule has 31 heavy (non-hydrogen) atoms. The summed E-state index contributed by atoms with van der Waals surface area (Å²) in [5.74, 6) is -0.277. The lowest BCUT2D eigenvalue weighted by Crippen LogP contribution is -2.32. The molecule has 0 atom stereocenters. The molecular weight excluding hydrogens is 410 g/mol. The Morgan fingerprint density at radius 2 is 1.61 bits per heavy atom. The van der Waals surface area contributed by atoms with Crippen LogP contribution >= 0.6 is 0 Å². The Balaban J connectivity index is 1.66. The van der Waals surface area contributed by atoms with E-state index in [9.17, 15) is 13.2 Å². The molecule has 0 aliphatic carbocycles. The van der Waals surface area contributed by atoms with E-state index < -0.39 is 10.0 Å². The minimum absolute atomic E-state index is 0.186. The predicted octanol–water partition coefficient (Wildman–Crippen LogP) is 4.03. The Labute approximate surface area is 186 Å². The summed E-state index contributed by atoms with van der Waals surface area (Å²) in [7, 11) is -3.58. The highest BCUT2D eigenvalue weighted by Gasteiger charge is 2.25. The van der Waals surface area contributed by atoms with E-state index in [-0.39, 0.29) is 10.8 Å². The lowest BCUT2D eigenvalue weighted by Gasteiger charge is -2.21. The minimum atomic E-state index is -3.58. The second-order valence-electron chi connectivity index (χ2n) is 7.87. The van der Waals surface area contributed by atoms with Gasteiger partial charge in [-0.3, -0.25) is 4.79 Å². The van der Waals surface area contributed by atoms with Crippen LogP contribution in [0.15, 0.2) is 53.4 Å². The summed E-state index contributed by atoms with van der Waals surface area (Å²) in [6, 6.07) is 14.5. The molecule has 1 fully saturated rings. The van der Waals surface area contributed by atoms with Crippen LogP contribution < -0.4 is 10.2 Å². The molecule has 0 unspecified atom stereocenters. The molecular formula is C24H33N3O3S. The summed E-state index contributed by atoms with van der Waals surface area (Å²) in [4.78, 5) is 15.1. The average molecular weight is 444 g/mol. The molecule has 1 aliphatic heterocycles. The standard InChI is InChI=1S/C24H33N3O3S/c1-3-26(4-2)22-14-12-20(13-15-22)19-25-24(28)21-10-9-11-23(18-21)31(29,30)27-16-7-5-6-8-17-27/h9-15,18H,3-8,16-17,19H2,1-2H3,(H,25,28). The van der Waals surface area contributed by atoms with Gasteiger partial charge in [-0.15, -0.1) is 0 Å². The fourth-order valence-corrected chi connectivity index (χ4v) is 5.49. The third-order valence-electron chi connectivity index (χ3n) is 5.82. The molecule has 0 radical (unpaired) electrons. The van der Waals surface area contributed by atoms with Gasteiger partial charge in [-0.2, -0.15) is 4.31 Å². The van der Waals surface area contributed by atoms with Crippen molar-refractivity contribution in [3.63, 3.8) is 0 Å². The van der Waals surface area contributed by atoms with E-state index in [0.717, 1.165) is 50.0 Å². The minimum Gasteiger partial charge on any atom is -0.372 e. The lowest BCUT2D eigenvalue weighted by atomic mass is 10.1. The summed E-state index contributed by atoms with van der Waals surface area (Å²) in [5, 5.41) is 2.90. The van der Waals surface area contributed by atoms with Crippen LogP contribution in [0.4, 0.5) is 5.69 Å². The Kier molecular flexibility index (Phi) is 8.09. The molecule has 6 nitrogen and oxygen atoms in total. The second kappa shape index (κ2) is 10.8. The Morgan fingerprint density at radius 3 is 2.23 bits per heavy atom. The first-order valence-electron chi connectivity index (χ1n) is 11.2. The normalized spacial score (nSPS) is 15.3. The van der Waals surface area contributed by atoms with Gasteiger partial charge in [0.15, 0.2) is 0 Å². The Bertz CT molecular complexity index is 962. The number of sulfonamides is 1. The van der Waals surface area contributed by atoms with Crippen molar-refractivity contribution in [2.24, 2.45) is 0 Å². The van der Waals surface area contributed by atoms with E-state index in [0.29, 0.717) is 25.2 Å². The van der Waals surface area contributed by atoms with Gasteiger partial charge in [-0.05, 0) is 62.6 Å². The third kappa shape index (κ3) is 5.86. The molecule has 1 N–H and O–H groups in total. The van der Waals surface area contributed by atoms with Gasteiger partial charge in [0, 0.05) is 44.0 Å². The largest absolute Gasteiger partial charge is 0.372 e. The van der Waals surface area contributed by atoms with Crippen LogP contribution in [-0.4, -0.2) is 44.8 Å². The first-order valence-corrected chi connectivity index (χ1v) is 12.6. The van der Waals surface area contributed by atoms with Gasteiger partial charge in [0.1, 0.15) is 0 Å². The highest BCUT2D eigenvalue weighted by molar-refractivity contribution is 7.89. The molecule has 7 heteroatoms. The molecule has 2 aromatic carbocycles. The molecule has 0 aromatic heterocycles. The van der Waals surface area contributed by atoms with E-state index in [2.05, 4.69) is 36.2 Å². The smallest absolute Gasteiger partial charge is 0.251 e. The summed E-state index contributed by atoms with van der Waals surface area (Å²) < 4.78 is 27.6. The van der Waals surface area contributed by atoms with Crippen LogP contribution in [0.5, 0.6) is 0 Å². The van der Waals surface area contributed by atoms with Crippen molar-refractivity contribution in [1.29, 1.82) is 0 Å². The fraction of sp³-hybridized carbons (Fsp3) is 0.458. The maximum atomic E-state index is 13.0. The third-order valence-corrected chi connectivity index (χ3v) is 7.71. The van der Waals surface area contributed by atoms with Crippen molar-refractivity contribution in [1.82, 2.24) is 9.62 Å². The van der Waals surface area contributed by atoms with E-state index in [1.165, 1.54) is 6.07 Å². The quantitative estimate of drug-likeness (QED) is 0.669. The van der Waals surface area contributed by atoms with Crippen molar-refractivity contribution in [2.75, 3.05) is 31.1 Å². The van der Waals surface area contributed by atoms with Crippen LogP contribution in [-0.2, 0) is 16.6 Å². The van der Waals surface area contributed by atoms with Crippen molar-refractivity contribution in [2.45, 2.75) is 51.0 Å². The predicted molar refractivity (Wildman–Crippen MR) is 125 cm³/mol. The maximum Gasteiger partial charge on any atom is 0.251 e. The maximum absolute atomic E-state index is 13.0. The van der Waals surface area contributed by atoms with Gasteiger partial charge in [-0.25, -0.2) is 8.42 Å². The van der Waals surface area contributed by atoms with Gasteiger partial charge in [0.2, 0.25) is 10.0 Å². The van der Waals surface area contributed by atoms with E-state index in [1.54, 1.807) is 22.5 Å². The van der Waals surface area contributed by atoms with Crippen molar-refractivity contribution < 1.29 is 13.2 Å². The number of nitrogens with zero attached hydrogens (tertiary/aromatic N) is 2. The highest BCUT2D eigenvalue weighted by atomic mass is 32.2. The summed E-state index contributed by atoms with van der Waals surface area (Å²) in [6.45, 7) is 7.62. The Morgan fingerprint density at radius 1 is 0.968 bits per heavy atom. The van der Waals surface area contributed by atoms with E-state index in [1.807, 2.05) is 12.1 Å². The summed E-state index contributed by atoms with van der Waals surface area (Å²) >= 11 is 0. The number of nitrogens with one attached hydrogen (secondary N) is 1. The number of hydrogen-bond acceptors (Lipinski definition) is 4. The summed E-state index contributed by atoms with van der Waals surface area (Å²) in [5.41, 5.74) is 2.51. The molecule has 2 aromatic rings. The SMILES string of the molecule is CCN(CC)c1ccc(CNC(=O)c2cccc(S(=O)(=O)N3CCCCCC3)c2)cc1. The van der Waals surface area contributed by atoms with Gasteiger partial charge in [0.25, 0.3) is 5.91 Å². The Hall–Kier alpha value is -2.38. The first-order chi connectivity index (χ1) is 15.0.